The minimum atomic E-state index is 1.13. The van der Waals surface area contributed by atoms with Gasteiger partial charge in [-0.2, -0.15) is 0 Å². The van der Waals surface area contributed by atoms with Crippen molar-refractivity contribution in [3.05, 3.63) is 24.3 Å². The second-order valence-corrected chi connectivity index (χ2v) is 4.09. The zero-order chi connectivity index (χ0) is 10.7. The molecule has 1 heterocycles. The maximum absolute atomic E-state index is 3.14. The number of hydrogen-bond donors (Lipinski definition) is 1. The molecule has 0 bridgehead atoms. The molecule has 1 saturated heterocycles. The normalized spacial score (nSPS) is 17.9. The molecule has 0 radical (unpaired) electrons. The lowest BCUT2D eigenvalue weighted by Crippen LogP contribution is -2.44. The van der Waals surface area contributed by atoms with Crippen LogP contribution in [-0.4, -0.2) is 45.2 Å². The predicted molar refractivity (Wildman–Crippen MR) is 65.7 cm³/mol. The number of rotatable bonds is 2. The molecule has 1 N–H and O–H groups in total. The summed E-state index contributed by atoms with van der Waals surface area (Å²) in [6.07, 6.45) is 0. The van der Waals surface area contributed by atoms with Crippen LogP contribution in [0.5, 0.6) is 0 Å². The van der Waals surface area contributed by atoms with Crippen LogP contribution in [0.4, 0.5) is 11.4 Å². The lowest BCUT2D eigenvalue weighted by Gasteiger charge is -2.34. The molecule has 0 spiro atoms. The Labute approximate surface area is 91.7 Å². The van der Waals surface area contributed by atoms with Gasteiger partial charge in [-0.3, -0.25) is 0 Å². The lowest BCUT2D eigenvalue weighted by molar-refractivity contribution is 0.313. The van der Waals surface area contributed by atoms with Gasteiger partial charge in [-0.1, -0.05) is 0 Å². The molecule has 2 rings (SSSR count). The van der Waals surface area contributed by atoms with Gasteiger partial charge >= 0.3 is 0 Å². The van der Waals surface area contributed by atoms with E-state index in [1.54, 1.807) is 0 Å². The maximum atomic E-state index is 3.14. The number of piperazine rings is 1. The highest BCUT2D eigenvalue weighted by Gasteiger charge is 2.13. The Morgan fingerprint density at radius 3 is 2.13 bits per heavy atom. The van der Waals surface area contributed by atoms with Crippen LogP contribution in [0.2, 0.25) is 0 Å². The van der Waals surface area contributed by atoms with Gasteiger partial charge in [-0.15, -0.1) is 0 Å². The smallest absolute Gasteiger partial charge is 0.0368 e. The van der Waals surface area contributed by atoms with Crippen molar-refractivity contribution in [2.45, 2.75) is 0 Å². The Morgan fingerprint density at radius 2 is 1.60 bits per heavy atom. The second kappa shape index (κ2) is 4.53. The van der Waals surface area contributed by atoms with Gasteiger partial charge in [0.25, 0.3) is 0 Å². The lowest BCUT2D eigenvalue weighted by atomic mass is 10.2. The molecule has 3 nitrogen and oxygen atoms in total. The Bertz CT molecular complexity index is 299. The summed E-state index contributed by atoms with van der Waals surface area (Å²) in [5, 5.41) is 3.14. The van der Waals surface area contributed by atoms with E-state index >= 15 is 0 Å². The molecule has 0 amide bonds. The number of benzene rings is 1. The van der Waals surface area contributed by atoms with Gasteiger partial charge in [0.2, 0.25) is 0 Å². The molecule has 1 aromatic carbocycles. The van der Waals surface area contributed by atoms with E-state index in [1.165, 1.54) is 11.4 Å². The van der Waals surface area contributed by atoms with Crippen LogP contribution in [0.15, 0.2) is 24.3 Å². The van der Waals surface area contributed by atoms with E-state index in [4.69, 9.17) is 0 Å². The minimum Gasteiger partial charge on any atom is -0.388 e. The molecule has 0 unspecified atom stereocenters. The molecule has 0 aliphatic carbocycles. The van der Waals surface area contributed by atoms with Crippen molar-refractivity contribution < 1.29 is 0 Å². The molecule has 0 saturated carbocycles. The Kier molecular flexibility index (Phi) is 3.11. The highest BCUT2D eigenvalue weighted by atomic mass is 15.2. The van der Waals surface area contributed by atoms with Crippen molar-refractivity contribution in [2.75, 3.05) is 50.5 Å². The van der Waals surface area contributed by atoms with E-state index in [0.29, 0.717) is 0 Å². The van der Waals surface area contributed by atoms with E-state index in [-0.39, 0.29) is 0 Å². The first kappa shape index (κ1) is 10.3. The first-order valence-corrected chi connectivity index (χ1v) is 5.51. The monoisotopic (exact) mass is 205 g/mol. The van der Waals surface area contributed by atoms with Crippen molar-refractivity contribution in [1.82, 2.24) is 4.90 Å². The van der Waals surface area contributed by atoms with Gasteiger partial charge in [0.1, 0.15) is 0 Å². The third kappa shape index (κ3) is 2.42. The van der Waals surface area contributed by atoms with Crippen molar-refractivity contribution in [1.29, 1.82) is 0 Å². The largest absolute Gasteiger partial charge is 0.388 e. The summed E-state index contributed by atoms with van der Waals surface area (Å²) in [4.78, 5) is 4.82. The van der Waals surface area contributed by atoms with Gasteiger partial charge in [0, 0.05) is 44.6 Å². The third-order valence-electron chi connectivity index (χ3n) is 3.02. The van der Waals surface area contributed by atoms with Gasteiger partial charge in [0.05, 0.1) is 0 Å². The maximum Gasteiger partial charge on any atom is 0.0368 e. The first-order valence-electron chi connectivity index (χ1n) is 5.51. The zero-order valence-electron chi connectivity index (χ0n) is 9.53. The quantitative estimate of drug-likeness (QED) is 0.789. The molecule has 1 aromatic rings. The van der Waals surface area contributed by atoms with E-state index in [9.17, 15) is 0 Å². The number of hydrogen-bond acceptors (Lipinski definition) is 3. The van der Waals surface area contributed by atoms with Crippen LogP contribution < -0.4 is 10.2 Å². The number of anilines is 2. The van der Waals surface area contributed by atoms with E-state index < -0.39 is 0 Å². The van der Waals surface area contributed by atoms with Gasteiger partial charge in [-0.05, 0) is 31.3 Å². The highest BCUT2D eigenvalue weighted by Crippen LogP contribution is 2.18. The van der Waals surface area contributed by atoms with Crippen molar-refractivity contribution >= 4 is 11.4 Å². The Hall–Kier alpha value is -1.22. The molecular weight excluding hydrogens is 186 g/mol. The molecule has 1 aliphatic rings. The number of nitrogens with one attached hydrogen (secondary N) is 1. The van der Waals surface area contributed by atoms with E-state index in [0.717, 1.165) is 26.2 Å². The van der Waals surface area contributed by atoms with Crippen LogP contribution in [0.25, 0.3) is 0 Å². The average Bonchev–Trinajstić information content (AvgIpc) is 2.30. The molecular formula is C12H19N3. The zero-order valence-corrected chi connectivity index (χ0v) is 9.53. The fourth-order valence-corrected chi connectivity index (χ4v) is 1.90. The van der Waals surface area contributed by atoms with Crippen LogP contribution in [0.3, 0.4) is 0 Å². The molecule has 0 aromatic heterocycles. The summed E-state index contributed by atoms with van der Waals surface area (Å²) in [7, 11) is 4.13. The topological polar surface area (TPSA) is 18.5 Å². The minimum absolute atomic E-state index is 1.13. The molecule has 15 heavy (non-hydrogen) atoms. The summed E-state index contributed by atoms with van der Waals surface area (Å²) in [6, 6.07) is 8.65. The SMILES string of the molecule is CNc1ccc(N2CCN(C)CC2)cc1. The Morgan fingerprint density at radius 1 is 1.00 bits per heavy atom. The summed E-state index contributed by atoms with van der Waals surface area (Å²) >= 11 is 0. The average molecular weight is 205 g/mol. The first-order chi connectivity index (χ1) is 7.29. The van der Waals surface area contributed by atoms with Gasteiger partial charge in [0.15, 0.2) is 0 Å². The van der Waals surface area contributed by atoms with Crippen molar-refractivity contribution in [2.24, 2.45) is 0 Å². The second-order valence-electron chi connectivity index (χ2n) is 4.09. The molecule has 1 fully saturated rings. The fourth-order valence-electron chi connectivity index (χ4n) is 1.90. The summed E-state index contributed by atoms with van der Waals surface area (Å²) < 4.78 is 0. The van der Waals surface area contributed by atoms with E-state index in [2.05, 4.69) is 46.4 Å². The molecule has 3 heteroatoms. The van der Waals surface area contributed by atoms with Crippen LogP contribution in [0.1, 0.15) is 0 Å². The third-order valence-corrected chi connectivity index (χ3v) is 3.02. The van der Waals surface area contributed by atoms with Crippen molar-refractivity contribution in [3.8, 4) is 0 Å². The standard InChI is InChI=1S/C12H19N3/c1-13-11-3-5-12(6-4-11)15-9-7-14(2)8-10-15/h3-6,13H,7-10H2,1-2H3. The van der Waals surface area contributed by atoms with Crippen LogP contribution >= 0.6 is 0 Å². The molecule has 82 valence electrons. The van der Waals surface area contributed by atoms with Crippen molar-refractivity contribution in [3.63, 3.8) is 0 Å². The number of likely N-dealkylation sites (N-methyl/N-ethyl adjacent to an activating group) is 1. The summed E-state index contributed by atoms with van der Waals surface area (Å²) in [6.45, 7) is 4.59. The molecule has 1 aliphatic heterocycles. The van der Waals surface area contributed by atoms with Gasteiger partial charge < -0.3 is 15.1 Å². The van der Waals surface area contributed by atoms with Crippen LogP contribution in [-0.2, 0) is 0 Å². The summed E-state index contributed by atoms with van der Waals surface area (Å²) in [5.41, 5.74) is 2.51. The number of nitrogens with zero attached hydrogens (tertiary/aromatic N) is 2. The predicted octanol–water partition coefficient (Wildman–Crippen LogP) is 1.48. The molecule has 0 atom stereocenters. The Balaban J connectivity index is 2.03. The van der Waals surface area contributed by atoms with E-state index in [1.807, 2.05) is 7.05 Å². The fraction of sp³-hybridized carbons (Fsp3) is 0.500. The highest BCUT2D eigenvalue weighted by molar-refractivity contribution is 5.55. The van der Waals surface area contributed by atoms with Crippen LogP contribution in [0, 0.1) is 0 Å². The van der Waals surface area contributed by atoms with Gasteiger partial charge in [-0.25, -0.2) is 0 Å². The summed E-state index contributed by atoms with van der Waals surface area (Å²) in [5.74, 6) is 0.